The van der Waals surface area contributed by atoms with E-state index in [9.17, 15) is 0 Å². The highest BCUT2D eigenvalue weighted by atomic mass is 28.1. The molecule has 0 bridgehead atoms. The van der Waals surface area contributed by atoms with Crippen molar-refractivity contribution in [3.05, 3.63) is 0 Å². The van der Waals surface area contributed by atoms with Gasteiger partial charge in [0.1, 0.15) is 0 Å². The summed E-state index contributed by atoms with van der Waals surface area (Å²) in [5, 5.41) is 3.36. The molecule has 0 saturated heterocycles. The van der Waals surface area contributed by atoms with Crippen molar-refractivity contribution in [3.63, 3.8) is 0 Å². The van der Waals surface area contributed by atoms with Gasteiger partial charge in [-0.05, 0) is 13.0 Å². The van der Waals surface area contributed by atoms with Gasteiger partial charge < -0.3 is 11.1 Å². The predicted octanol–water partition coefficient (Wildman–Crippen LogP) is 3.39. The Hall–Kier alpha value is 0.137. The number of rotatable bonds is 17. The smallest absolute Gasteiger partial charge is 0.00745 e. The molecule has 0 radical (unpaired) electrons. The van der Waals surface area contributed by atoms with Crippen LogP contribution in [0.3, 0.4) is 0 Å². The first kappa shape index (κ1) is 20.1. The lowest BCUT2D eigenvalue weighted by Crippen LogP contribution is -2.23. The molecule has 3 heteroatoms. The molecule has 0 unspecified atom stereocenters. The van der Waals surface area contributed by atoms with Crippen LogP contribution in [0.4, 0.5) is 0 Å². The molecule has 0 aromatic carbocycles. The first-order valence-electron chi connectivity index (χ1n) is 9.32. The Balaban J connectivity index is 2.89. The third-order valence-corrected chi connectivity index (χ3v) is 4.74. The molecule has 0 heterocycles. The van der Waals surface area contributed by atoms with Crippen molar-refractivity contribution in [1.29, 1.82) is 0 Å². The molecule has 0 amide bonds. The van der Waals surface area contributed by atoms with Crippen molar-refractivity contribution < 1.29 is 0 Å². The monoisotopic (exact) mass is 300 g/mol. The Morgan fingerprint density at radius 2 is 0.950 bits per heavy atom. The second-order valence-electron chi connectivity index (χ2n) is 6.13. The van der Waals surface area contributed by atoms with Gasteiger partial charge >= 0.3 is 0 Å². The first-order valence-corrected chi connectivity index (χ1v) is 10.7. The van der Waals surface area contributed by atoms with Gasteiger partial charge in [0.15, 0.2) is 0 Å². The van der Waals surface area contributed by atoms with Crippen molar-refractivity contribution in [3.8, 4) is 0 Å². The van der Waals surface area contributed by atoms with Crippen LogP contribution in [0.1, 0.15) is 83.5 Å². The summed E-state index contributed by atoms with van der Waals surface area (Å²) >= 11 is 0. The fraction of sp³-hybridized carbons (Fsp3) is 1.00. The molecule has 0 spiro atoms. The summed E-state index contributed by atoms with van der Waals surface area (Å²) in [5.74, 6) is 0. The van der Waals surface area contributed by atoms with E-state index in [0.717, 1.165) is 19.6 Å². The molecular formula is C17H40N2Si. The summed E-state index contributed by atoms with van der Waals surface area (Å²) in [5.41, 5.74) is 5.43. The van der Waals surface area contributed by atoms with E-state index < -0.39 is 0 Å². The summed E-state index contributed by atoms with van der Waals surface area (Å²) in [6, 6.07) is 1.50. The van der Waals surface area contributed by atoms with Crippen LogP contribution in [0.2, 0.25) is 6.04 Å². The molecule has 0 aliphatic carbocycles. The summed E-state index contributed by atoms with van der Waals surface area (Å²) < 4.78 is 0. The number of hydrogen-bond acceptors (Lipinski definition) is 2. The van der Waals surface area contributed by atoms with Crippen molar-refractivity contribution >= 4 is 10.2 Å². The van der Waals surface area contributed by atoms with Crippen LogP contribution in [0, 0.1) is 0 Å². The van der Waals surface area contributed by atoms with Crippen LogP contribution in [-0.2, 0) is 0 Å². The Kier molecular flexibility index (Phi) is 19.3. The van der Waals surface area contributed by atoms with Crippen LogP contribution in [-0.4, -0.2) is 29.9 Å². The van der Waals surface area contributed by atoms with E-state index in [1.54, 1.807) is 0 Å². The third-order valence-electron chi connectivity index (χ3n) is 4.03. The number of hydrogen-bond donors (Lipinski definition) is 2. The summed E-state index contributed by atoms with van der Waals surface area (Å²) in [4.78, 5) is 0. The second kappa shape index (κ2) is 19.1. The Labute approximate surface area is 131 Å². The largest absolute Gasteiger partial charge is 0.329 e. The average Bonchev–Trinajstić information content (AvgIpc) is 2.47. The van der Waals surface area contributed by atoms with Gasteiger partial charge in [-0.2, -0.15) is 0 Å². The maximum absolute atomic E-state index is 5.43. The molecule has 0 aliphatic rings. The quantitative estimate of drug-likeness (QED) is 0.319. The Morgan fingerprint density at radius 3 is 1.35 bits per heavy atom. The van der Waals surface area contributed by atoms with Gasteiger partial charge in [0.2, 0.25) is 0 Å². The highest BCUT2D eigenvalue weighted by molar-refractivity contribution is 6.08. The average molecular weight is 301 g/mol. The molecule has 122 valence electrons. The maximum Gasteiger partial charge on any atom is 0.00745 e. The van der Waals surface area contributed by atoms with Crippen molar-refractivity contribution in [2.45, 2.75) is 89.5 Å². The Bertz CT molecular complexity index is 147. The lowest BCUT2D eigenvalue weighted by atomic mass is 10.0. The maximum atomic E-state index is 5.43. The number of nitrogens with one attached hydrogen (secondary N) is 1. The van der Waals surface area contributed by atoms with E-state index in [4.69, 9.17) is 5.73 Å². The Morgan fingerprint density at radius 1 is 0.550 bits per heavy atom. The van der Waals surface area contributed by atoms with E-state index in [1.807, 2.05) is 0 Å². The first-order chi connectivity index (χ1) is 9.91. The van der Waals surface area contributed by atoms with Gasteiger partial charge in [-0.25, -0.2) is 0 Å². The van der Waals surface area contributed by atoms with Crippen molar-refractivity contribution in [1.82, 2.24) is 5.32 Å². The van der Waals surface area contributed by atoms with Crippen LogP contribution in [0.5, 0.6) is 0 Å². The molecule has 0 saturated carbocycles. The summed E-state index contributed by atoms with van der Waals surface area (Å²) in [7, 11) is 1.40. The number of unbranched alkanes of at least 4 members (excludes halogenated alkanes) is 12. The van der Waals surface area contributed by atoms with E-state index >= 15 is 0 Å². The molecule has 0 aromatic heterocycles. The zero-order chi connectivity index (χ0) is 14.7. The van der Waals surface area contributed by atoms with Crippen LogP contribution in [0.15, 0.2) is 0 Å². The zero-order valence-corrected chi connectivity index (χ0v) is 16.1. The molecule has 20 heavy (non-hydrogen) atoms. The van der Waals surface area contributed by atoms with E-state index in [-0.39, 0.29) is 0 Å². The van der Waals surface area contributed by atoms with Gasteiger partial charge in [0.25, 0.3) is 0 Å². The van der Waals surface area contributed by atoms with Gasteiger partial charge in [-0.3, -0.25) is 0 Å². The standard InChI is InChI=1S/C17H40N2Si/c18-14-16-19-15-12-10-8-6-4-2-1-3-5-7-9-11-13-17-20/h19H,1-18H2,20H3. The molecule has 3 N–H and O–H groups in total. The van der Waals surface area contributed by atoms with E-state index in [2.05, 4.69) is 5.32 Å². The lowest BCUT2D eigenvalue weighted by Gasteiger charge is -2.04. The molecule has 2 nitrogen and oxygen atoms in total. The van der Waals surface area contributed by atoms with Crippen LogP contribution in [0.25, 0.3) is 0 Å². The highest BCUT2D eigenvalue weighted by Crippen LogP contribution is 2.12. The third kappa shape index (κ3) is 18.1. The van der Waals surface area contributed by atoms with Gasteiger partial charge in [0, 0.05) is 23.3 Å². The summed E-state index contributed by atoms with van der Waals surface area (Å²) in [6.07, 6.45) is 18.9. The molecular weight excluding hydrogens is 260 g/mol. The second-order valence-corrected chi connectivity index (χ2v) is 7.13. The molecule has 0 aliphatic heterocycles. The van der Waals surface area contributed by atoms with Gasteiger partial charge in [-0.15, -0.1) is 0 Å². The normalized spacial score (nSPS) is 11.2. The zero-order valence-electron chi connectivity index (χ0n) is 14.1. The molecule has 0 atom stereocenters. The van der Waals surface area contributed by atoms with E-state index in [0.29, 0.717) is 0 Å². The highest BCUT2D eigenvalue weighted by Gasteiger charge is 1.94. The molecule has 0 fully saturated rings. The van der Waals surface area contributed by atoms with Crippen molar-refractivity contribution in [2.75, 3.05) is 19.6 Å². The van der Waals surface area contributed by atoms with Gasteiger partial charge in [0.05, 0.1) is 0 Å². The topological polar surface area (TPSA) is 38.0 Å². The number of nitrogens with two attached hydrogens (primary N) is 1. The van der Waals surface area contributed by atoms with Crippen LogP contribution < -0.4 is 11.1 Å². The fourth-order valence-corrected chi connectivity index (χ4v) is 3.17. The molecule has 0 aromatic rings. The van der Waals surface area contributed by atoms with E-state index in [1.165, 1.54) is 99.8 Å². The minimum Gasteiger partial charge on any atom is -0.329 e. The molecule has 0 rings (SSSR count). The lowest BCUT2D eigenvalue weighted by molar-refractivity contribution is 0.533. The SMILES string of the molecule is NCCNCCCCCCCCCCCCCCC[SiH3]. The minimum atomic E-state index is 0.764. The summed E-state index contributed by atoms with van der Waals surface area (Å²) in [6.45, 7) is 2.89. The van der Waals surface area contributed by atoms with Gasteiger partial charge in [-0.1, -0.05) is 83.1 Å². The predicted molar refractivity (Wildman–Crippen MR) is 96.7 cm³/mol. The minimum absolute atomic E-state index is 0.764. The van der Waals surface area contributed by atoms with Crippen LogP contribution >= 0.6 is 0 Å². The van der Waals surface area contributed by atoms with Crippen molar-refractivity contribution in [2.24, 2.45) is 5.73 Å². The fourth-order valence-electron chi connectivity index (χ4n) is 2.67.